The molecule has 0 amide bonds. The molecular weight excluding hydrogens is 412 g/mol. The molecule has 2 aromatic carbocycles. The monoisotopic (exact) mass is 434 g/mol. The molecule has 0 aromatic heterocycles. The lowest BCUT2D eigenvalue weighted by atomic mass is 10.2. The van der Waals surface area contributed by atoms with Gasteiger partial charge in [0.05, 0.1) is 18.0 Å². The number of hydrogen-bond donors (Lipinski definition) is 1. The third kappa shape index (κ3) is 4.50. The quantitative estimate of drug-likeness (QED) is 0.763. The van der Waals surface area contributed by atoms with E-state index in [1.54, 1.807) is 30.3 Å². The van der Waals surface area contributed by atoms with Gasteiger partial charge in [-0.2, -0.15) is 12.7 Å². The largest absolute Gasteiger partial charge is 0.341 e. The number of anilines is 1. The summed E-state index contributed by atoms with van der Waals surface area (Å²) in [6.07, 6.45) is 0. The summed E-state index contributed by atoms with van der Waals surface area (Å²) in [5.74, 6) is 0.334. The molecule has 1 saturated heterocycles. The number of nitrogens with one attached hydrogen (secondary N) is 1. The zero-order chi connectivity index (χ0) is 20.5. The van der Waals surface area contributed by atoms with Crippen molar-refractivity contribution in [3.63, 3.8) is 0 Å². The van der Waals surface area contributed by atoms with Crippen LogP contribution in [0.25, 0.3) is 0 Å². The smallest absolute Gasteiger partial charge is 0.286 e. The molecule has 2 aromatic rings. The fraction of sp³-hybridized carbons (Fsp3) is 0.316. The number of para-hydroxylation sites is 1. The highest BCUT2D eigenvalue weighted by Gasteiger charge is 2.29. The van der Waals surface area contributed by atoms with E-state index < -0.39 is 20.0 Å². The first-order valence-corrected chi connectivity index (χ1v) is 12.3. The number of piperazine rings is 1. The van der Waals surface area contributed by atoms with Crippen molar-refractivity contribution in [3.05, 3.63) is 60.2 Å². The van der Waals surface area contributed by atoms with E-state index in [0.717, 1.165) is 5.56 Å². The van der Waals surface area contributed by atoms with Crippen molar-refractivity contribution in [2.45, 2.75) is 10.6 Å². The fourth-order valence-electron chi connectivity index (χ4n) is 3.49. The van der Waals surface area contributed by atoms with Crippen LogP contribution in [0.2, 0.25) is 0 Å². The third-order valence-corrected chi connectivity index (χ3v) is 8.19. The molecule has 2 aliphatic rings. The fourth-order valence-corrected chi connectivity index (χ4v) is 6.14. The first-order chi connectivity index (χ1) is 13.8. The van der Waals surface area contributed by atoms with E-state index >= 15 is 0 Å². The summed E-state index contributed by atoms with van der Waals surface area (Å²) in [6.45, 7) is 2.07. The summed E-state index contributed by atoms with van der Waals surface area (Å²) < 4.78 is 55.4. The standard InChI is InChI=1S/C19H22N4O4S2/c24-28(25,15-16-6-2-1-3-7-16)23-12-10-22(11-13-23)14-19-20-17-8-4-5-9-18(17)29(26,27)21-19/h1-9H,10-15H2,(H,20,21). The first-order valence-electron chi connectivity index (χ1n) is 9.27. The van der Waals surface area contributed by atoms with Crippen molar-refractivity contribution in [2.24, 2.45) is 4.40 Å². The highest BCUT2D eigenvalue weighted by Crippen LogP contribution is 2.26. The zero-order valence-electron chi connectivity index (χ0n) is 15.7. The molecule has 1 fully saturated rings. The van der Waals surface area contributed by atoms with Crippen LogP contribution >= 0.6 is 0 Å². The van der Waals surface area contributed by atoms with Crippen LogP contribution in [0.15, 0.2) is 63.9 Å². The third-order valence-electron chi connectivity index (χ3n) is 4.96. The Morgan fingerprint density at radius 2 is 1.59 bits per heavy atom. The van der Waals surface area contributed by atoms with Crippen LogP contribution in [-0.4, -0.2) is 64.6 Å². The van der Waals surface area contributed by atoms with E-state index in [0.29, 0.717) is 44.2 Å². The SMILES string of the molecule is O=S1(=O)N=C(CN2CCN(S(=O)(=O)Cc3ccccc3)CC2)Nc2ccccc21. The second kappa shape index (κ2) is 7.86. The molecule has 0 spiro atoms. The Morgan fingerprint density at radius 1 is 0.931 bits per heavy atom. The van der Waals surface area contributed by atoms with Gasteiger partial charge in [-0.3, -0.25) is 4.90 Å². The summed E-state index contributed by atoms with van der Waals surface area (Å²) in [5, 5.41) is 3.07. The molecule has 4 rings (SSSR count). The van der Waals surface area contributed by atoms with E-state index in [2.05, 4.69) is 9.71 Å². The Balaban J connectivity index is 1.38. The average Bonchev–Trinajstić information content (AvgIpc) is 2.68. The summed E-state index contributed by atoms with van der Waals surface area (Å²) in [7, 11) is -7.10. The van der Waals surface area contributed by atoms with Gasteiger partial charge in [-0.05, 0) is 17.7 Å². The molecular formula is C19H22N4O4S2. The van der Waals surface area contributed by atoms with Crippen LogP contribution in [0.4, 0.5) is 5.69 Å². The van der Waals surface area contributed by atoms with Crippen molar-refractivity contribution in [1.29, 1.82) is 0 Å². The van der Waals surface area contributed by atoms with E-state index in [1.165, 1.54) is 10.4 Å². The lowest BCUT2D eigenvalue weighted by Crippen LogP contribution is -2.50. The molecule has 0 radical (unpaired) electrons. The van der Waals surface area contributed by atoms with Crippen molar-refractivity contribution in [1.82, 2.24) is 9.21 Å². The lowest BCUT2D eigenvalue weighted by Gasteiger charge is -2.34. The normalized spacial score (nSPS) is 19.8. The Kier molecular flexibility index (Phi) is 5.43. The maximum absolute atomic E-state index is 12.7. The molecule has 10 heteroatoms. The highest BCUT2D eigenvalue weighted by molar-refractivity contribution is 7.90. The van der Waals surface area contributed by atoms with Crippen LogP contribution in [0.5, 0.6) is 0 Å². The van der Waals surface area contributed by atoms with Crippen molar-refractivity contribution in [3.8, 4) is 0 Å². The number of amidine groups is 1. The highest BCUT2D eigenvalue weighted by atomic mass is 32.2. The molecule has 1 N–H and O–H groups in total. The zero-order valence-corrected chi connectivity index (χ0v) is 17.4. The van der Waals surface area contributed by atoms with Crippen LogP contribution in [0.3, 0.4) is 0 Å². The maximum atomic E-state index is 12.7. The molecule has 2 aliphatic heterocycles. The molecule has 0 saturated carbocycles. The van der Waals surface area contributed by atoms with Gasteiger partial charge in [-0.15, -0.1) is 4.40 Å². The Morgan fingerprint density at radius 3 is 2.31 bits per heavy atom. The van der Waals surface area contributed by atoms with Crippen molar-refractivity contribution in [2.75, 3.05) is 38.0 Å². The second-order valence-corrected chi connectivity index (χ2v) is 10.6. The maximum Gasteiger partial charge on any atom is 0.286 e. The van der Waals surface area contributed by atoms with Crippen LogP contribution in [0.1, 0.15) is 5.56 Å². The lowest BCUT2D eigenvalue weighted by molar-refractivity contribution is 0.209. The Hall–Kier alpha value is -2.27. The number of hydrogen-bond acceptors (Lipinski definition) is 6. The molecule has 2 heterocycles. The average molecular weight is 435 g/mol. The van der Waals surface area contributed by atoms with E-state index in [1.807, 2.05) is 23.1 Å². The number of nitrogens with zero attached hydrogens (tertiary/aromatic N) is 3. The van der Waals surface area contributed by atoms with Gasteiger partial charge in [-0.1, -0.05) is 42.5 Å². The van der Waals surface area contributed by atoms with Gasteiger partial charge in [0.25, 0.3) is 10.0 Å². The minimum absolute atomic E-state index is 0.0167. The minimum atomic E-state index is -3.72. The molecule has 0 unspecified atom stereocenters. The number of fused-ring (bicyclic) bond motifs is 1. The number of sulfonamides is 2. The predicted octanol–water partition coefficient (Wildman–Crippen LogP) is 1.35. The van der Waals surface area contributed by atoms with Gasteiger partial charge >= 0.3 is 0 Å². The van der Waals surface area contributed by atoms with Gasteiger partial charge in [0, 0.05) is 26.2 Å². The molecule has 8 nitrogen and oxygen atoms in total. The minimum Gasteiger partial charge on any atom is -0.341 e. The topological polar surface area (TPSA) is 99.2 Å². The molecule has 29 heavy (non-hydrogen) atoms. The molecule has 0 aliphatic carbocycles. The van der Waals surface area contributed by atoms with Crippen LogP contribution < -0.4 is 5.32 Å². The molecule has 154 valence electrons. The van der Waals surface area contributed by atoms with E-state index in [9.17, 15) is 16.8 Å². The van der Waals surface area contributed by atoms with Crippen molar-refractivity contribution >= 4 is 31.6 Å². The van der Waals surface area contributed by atoms with E-state index in [-0.39, 0.29) is 10.6 Å². The predicted molar refractivity (Wildman–Crippen MR) is 112 cm³/mol. The summed E-state index contributed by atoms with van der Waals surface area (Å²) in [5.41, 5.74) is 1.28. The second-order valence-electron chi connectivity index (χ2n) is 7.05. The van der Waals surface area contributed by atoms with E-state index in [4.69, 9.17) is 0 Å². The summed E-state index contributed by atoms with van der Waals surface area (Å²) >= 11 is 0. The van der Waals surface area contributed by atoms with Gasteiger partial charge in [0.1, 0.15) is 10.7 Å². The summed E-state index contributed by atoms with van der Waals surface area (Å²) in [4.78, 5) is 2.17. The number of rotatable bonds is 5. The summed E-state index contributed by atoms with van der Waals surface area (Å²) in [6, 6.07) is 15.8. The molecule has 0 bridgehead atoms. The van der Waals surface area contributed by atoms with Gasteiger partial charge in [-0.25, -0.2) is 8.42 Å². The Labute approximate surface area is 171 Å². The number of benzene rings is 2. The first kappa shape index (κ1) is 20.0. The van der Waals surface area contributed by atoms with Gasteiger partial charge in [0.15, 0.2) is 0 Å². The van der Waals surface area contributed by atoms with Crippen LogP contribution in [-0.2, 0) is 25.8 Å². The van der Waals surface area contributed by atoms with Gasteiger partial charge in [0.2, 0.25) is 10.0 Å². The Bertz CT molecular complexity index is 1120. The van der Waals surface area contributed by atoms with Crippen LogP contribution in [0, 0.1) is 0 Å². The van der Waals surface area contributed by atoms with Crippen molar-refractivity contribution < 1.29 is 16.8 Å². The molecule has 0 atom stereocenters. The van der Waals surface area contributed by atoms with Gasteiger partial charge < -0.3 is 5.32 Å².